The zero-order valence-corrected chi connectivity index (χ0v) is 11.0. The van der Waals surface area contributed by atoms with E-state index in [2.05, 4.69) is 32.6 Å². The van der Waals surface area contributed by atoms with E-state index < -0.39 is 0 Å². The van der Waals surface area contributed by atoms with Crippen LogP contribution in [-0.2, 0) is 0 Å². The van der Waals surface area contributed by atoms with Crippen molar-refractivity contribution in [3.8, 4) is 0 Å². The predicted octanol–water partition coefficient (Wildman–Crippen LogP) is 4.10. The summed E-state index contributed by atoms with van der Waals surface area (Å²) in [6.45, 7) is 8.19. The standard InChI is InChI=1S/C14H21N.ClH/c1-4-5-11-14(2,3)13(15)12-9-7-6-8-10-12;/h4,6-10,13H,1,5,11,15H2,2-3H3;1H. The summed E-state index contributed by atoms with van der Waals surface area (Å²) in [7, 11) is 0. The lowest BCUT2D eigenvalue weighted by Crippen LogP contribution is -2.29. The van der Waals surface area contributed by atoms with Gasteiger partial charge in [-0.3, -0.25) is 0 Å². The highest BCUT2D eigenvalue weighted by atomic mass is 35.5. The Morgan fingerprint density at radius 2 is 1.88 bits per heavy atom. The summed E-state index contributed by atoms with van der Waals surface area (Å²) in [5.41, 5.74) is 7.61. The Morgan fingerprint density at radius 1 is 1.31 bits per heavy atom. The van der Waals surface area contributed by atoms with E-state index in [0.717, 1.165) is 12.8 Å². The molecule has 16 heavy (non-hydrogen) atoms. The largest absolute Gasteiger partial charge is 0.324 e. The van der Waals surface area contributed by atoms with Gasteiger partial charge >= 0.3 is 0 Å². The molecule has 0 aliphatic rings. The summed E-state index contributed by atoms with van der Waals surface area (Å²) in [6, 6.07) is 10.4. The Kier molecular flexibility index (Phi) is 6.39. The normalized spacial score (nSPS) is 12.7. The molecule has 1 aromatic carbocycles. The highest BCUT2D eigenvalue weighted by molar-refractivity contribution is 5.85. The van der Waals surface area contributed by atoms with E-state index in [9.17, 15) is 0 Å². The van der Waals surface area contributed by atoms with Gasteiger partial charge in [0.2, 0.25) is 0 Å². The zero-order valence-electron chi connectivity index (χ0n) is 10.1. The molecule has 0 spiro atoms. The average molecular weight is 240 g/mol. The van der Waals surface area contributed by atoms with E-state index in [1.807, 2.05) is 24.3 Å². The van der Waals surface area contributed by atoms with Gasteiger partial charge in [0.05, 0.1) is 0 Å². The first-order chi connectivity index (χ1) is 7.08. The maximum absolute atomic E-state index is 6.28. The Bertz CT molecular complexity index is 306. The minimum Gasteiger partial charge on any atom is -0.324 e. The molecule has 2 N–H and O–H groups in total. The second-order valence-corrected chi connectivity index (χ2v) is 4.70. The molecule has 0 aliphatic carbocycles. The van der Waals surface area contributed by atoms with Crippen LogP contribution in [0.2, 0.25) is 0 Å². The van der Waals surface area contributed by atoms with Crippen LogP contribution in [0.15, 0.2) is 43.0 Å². The monoisotopic (exact) mass is 239 g/mol. The Hall–Kier alpha value is -0.790. The summed E-state index contributed by atoms with van der Waals surface area (Å²) >= 11 is 0. The first kappa shape index (κ1) is 15.2. The second kappa shape index (κ2) is 6.72. The van der Waals surface area contributed by atoms with Gasteiger partial charge in [-0.2, -0.15) is 0 Å². The minimum absolute atomic E-state index is 0. The van der Waals surface area contributed by atoms with Crippen molar-refractivity contribution in [3.63, 3.8) is 0 Å². The van der Waals surface area contributed by atoms with Crippen LogP contribution in [0.4, 0.5) is 0 Å². The molecular weight excluding hydrogens is 218 g/mol. The molecule has 90 valence electrons. The van der Waals surface area contributed by atoms with E-state index in [1.54, 1.807) is 0 Å². The van der Waals surface area contributed by atoms with Crippen molar-refractivity contribution in [2.75, 3.05) is 0 Å². The van der Waals surface area contributed by atoms with Crippen molar-refractivity contribution < 1.29 is 0 Å². The number of hydrogen-bond donors (Lipinski definition) is 1. The zero-order chi connectivity index (χ0) is 11.3. The van der Waals surface area contributed by atoms with Gasteiger partial charge in [0.25, 0.3) is 0 Å². The first-order valence-corrected chi connectivity index (χ1v) is 5.49. The lowest BCUT2D eigenvalue weighted by molar-refractivity contribution is 0.268. The van der Waals surface area contributed by atoms with E-state index in [-0.39, 0.29) is 23.9 Å². The van der Waals surface area contributed by atoms with Gasteiger partial charge in [-0.25, -0.2) is 0 Å². The molecule has 0 heterocycles. The quantitative estimate of drug-likeness (QED) is 0.770. The van der Waals surface area contributed by atoms with Crippen molar-refractivity contribution >= 4 is 12.4 Å². The van der Waals surface area contributed by atoms with Gasteiger partial charge in [0.1, 0.15) is 0 Å². The van der Waals surface area contributed by atoms with Crippen LogP contribution >= 0.6 is 12.4 Å². The summed E-state index contributed by atoms with van der Waals surface area (Å²) < 4.78 is 0. The minimum atomic E-state index is 0. The van der Waals surface area contributed by atoms with Crippen LogP contribution < -0.4 is 5.73 Å². The van der Waals surface area contributed by atoms with E-state index in [1.165, 1.54) is 5.56 Å². The van der Waals surface area contributed by atoms with Crippen LogP contribution in [0.25, 0.3) is 0 Å². The number of allylic oxidation sites excluding steroid dienone is 1. The molecule has 0 amide bonds. The molecule has 0 radical (unpaired) electrons. The second-order valence-electron chi connectivity index (χ2n) is 4.70. The van der Waals surface area contributed by atoms with Crippen molar-refractivity contribution in [2.45, 2.75) is 32.7 Å². The van der Waals surface area contributed by atoms with Crippen molar-refractivity contribution in [3.05, 3.63) is 48.6 Å². The summed E-state index contributed by atoms with van der Waals surface area (Å²) in [5, 5.41) is 0. The molecule has 1 aromatic rings. The molecule has 0 bridgehead atoms. The van der Waals surface area contributed by atoms with E-state index in [4.69, 9.17) is 5.73 Å². The third kappa shape index (κ3) is 3.99. The van der Waals surface area contributed by atoms with Gasteiger partial charge < -0.3 is 5.73 Å². The van der Waals surface area contributed by atoms with Gasteiger partial charge in [0.15, 0.2) is 0 Å². The maximum Gasteiger partial charge on any atom is 0.0346 e. The first-order valence-electron chi connectivity index (χ1n) is 5.49. The van der Waals surface area contributed by atoms with Crippen molar-refractivity contribution in [1.82, 2.24) is 0 Å². The number of halogens is 1. The molecule has 2 heteroatoms. The number of hydrogen-bond acceptors (Lipinski definition) is 1. The van der Waals surface area contributed by atoms with Crippen LogP contribution in [0.3, 0.4) is 0 Å². The van der Waals surface area contributed by atoms with E-state index in [0.29, 0.717) is 0 Å². The molecule has 1 unspecified atom stereocenters. The topological polar surface area (TPSA) is 26.0 Å². The van der Waals surface area contributed by atoms with Crippen LogP contribution in [0.1, 0.15) is 38.3 Å². The number of nitrogens with two attached hydrogens (primary N) is 1. The van der Waals surface area contributed by atoms with Crippen LogP contribution in [-0.4, -0.2) is 0 Å². The Labute approximate surface area is 105 Å². The molecule has 0 aliphatic heterocycles. The average Bonchev–Trinajstić information content (AvgIpc) is 2.26. The van der Waals surface area contributed by atoms with Crippen molar-refractivity contribution in [2.24, 2.45) is 11.1 Å². The fourth-order valence-corrected chi connectivity index (χ4v) is 1.74. The third-order valence-electron chi connectivity index (χ3n) is 2.99. The fourth-order valence-electron chi connectivity index (χ4n) is 1.74. The van der Waals surface area contributed by atoms with E-state index >= 15 is 0 Å². The van der Waals surface area contributed by atoms with Gasteiger partial charge in [-0.05, 0) is 23.8 Å². The van der Waals surface area contributed by atoms with Gasteiger partial charge in [0, 0.05) is 6.04 Å². The number of benzene rings is 1. The summed E-state index contributed by atoms with van der Waals surface area (Å²) in [4.78, 5) is 0. The molecule has 0 saturated carbocycles. The summed E-state index contributed by atoms with van der Waals surface area (Å²) in [6.07, 6.45) is 4.06. The highest BCUT2D eigenvalue weighted by Crippen LogP contribution is 2.35. The highest BCUT2D eigenvalue weighted by Gasteiger charge is 2.26. The van der Waals surface area contributed by atoms with Gasteiger partial charge in [-0.15, -0.1) is 19.0 Å². The molecule has 0 fully saturated rings. The van der Waals surface area contributed by atoms with Crippen LogP contribution in [0.5, 0.6) is 0 Å². The number of rotatable bonds is 5. The lowest BCUT2D eigenvalue weighted by atomic mass is 9.77. The SMILES string of the molecule is C=CCCC(C)(C)C(N)c1ccccc1.Cl. The third-order valence-corrected chi connectivity index (χ3v) is 2.99. The van der Waals surface area contributed by atoms with Crippen molar-refractivity contribution in [1.29, 1.82) is 0 Å². The molecule has 1 atom stereocenters. The molecule has 1 rings (SSSR count). The maximum atomic E-state index is 6.28. The lowest BCUT2D eigenvalue weighted by Gasteiger charge is -2.31. The smallest absolute Gasteiger partial charge is 0.0346 e. The Morgan fingerprint density at radius 3 is 2.38 bits per heavy atom. The fraction of sp³-hybridized carbons (Fsp3) is 0.429. The molecule has 1 nitrogen and oxygen atoms in total. The Balaban J connectivity index is 0.00000225. The molecule has 0 aromatic heterocycles. The predicted molar refractivity (Wildman–Crippen MR) is 73.8 cm³/mol. The van der Waals surface area contributed by atoms with Crippen LogP contribution in [0, 0.1) is 5.41 Å². The molecular formula is C14H22ClN. The molecule has 0 saturated heterocycles. The summed E-state index contributed by atoms with van der Waals surface area (Å²) in [5.74, 6) is 0. The van der Waals surface area contributed by atoms with Gasteiger partial charge in [-0.1, -0.05) is 50.3 Å².